The standard InChI is InChI=1S/C32H30Cl2N4O7S/c1-19-26(33)5-3-7-29(19)44-10-11-45-32(40)38-17-21-13-25(21)30-24(4-2-6-28(30)38)23-14-36-37(16-23)15-22-12-20(8-9-27(22)34)31(39)35-18-46(41,42)43/h2-9,12,14,16,21,25H,10-11,13,15,17-18H2,1H3,(H,35,39)(H,41,42,43)/t21-,25-/m0/s1. The van der Waals surface area contributed by atoms with Crippen molar-refractivity contribution in [2.24, 2.45) is 5.92 Å². The van der Waals surface area contributed by atoms with E-state index in [2.05, 4.69) is 10.4 Å². The Kier molecular flexibility index (Phi) is 8.97. The van der Waals surface area contributed by atoms with Gasteiger partial charge in [0.25, 0.3) is 16.0 Å². The minimum absolute atomic E-state index is 0.0864. The summed E-state index contributed by atoms with van der Waals surface area (Å²) in [5, 5.41) is 7.69. The summed E-state index contributed by atoms with van der Waals surface area (Å²) in [7, 11) is -4.36. The summed E-state index contributed by atoms with van der Waals surface area (Å²) in [5.74, 6) is -0.245. The Morgan fingerprint density at radius 3 is 2.70 bits per heavy atom. The van der Waals surface area contributed by atoms with Gasteiger partial charge in [-0.25, -0.2) is 4.79 Å². The summed E-state index contributed by atoms with van der Waals surface area (Å²) >= 11 is 12.6. The van der Waals surface area contributed by atoms with E-state index < -0.39 is 28.0 Å². The first-order valence-electron chi connectivity index (χ1n) is 14.5. The zero-order chi connectivity index (χ0) is 32.6. The molecule has 0 unspecified atom stereocenters. The number of carbonyl (C=O) groups excluding carboxylic acids is 2. The molecule has 240 valence electrons. The van der Waals surface area contributed by atoms with Crippen LogP contribution in [0.25, 0.3) is 11.1 Å². The van der Waals surface area contributed by atoms with Crippen molar-refractivity contribution >= 4 is 51.0 Å². The molecule has 1 saturated carbocycles. The van der Waals surface area contributed by atoms with Crippen LogP contribution in [0.1, 0.15) is 39.4 Å². The number of carbonyl (C=O) groups is 2. The Balaban J connectivity index is 1.15. The lowest BCUT2D eigenvalue weighted by atomic mass is 9.93. The zero-order valence-electron chi connectivity index (χ0n) is 24.7. The van der Waals surface area contributed by atoms with Crippen molar-refractivity contribution < 1.29 is 32.0 Å². The molecule has 14 heteroatoms. The normalized spacial score (nSPS) is 16.7. The number of rotatable bonds is 10. The number of hydrogen-bond acceptors (Lipinski definition) is 7. The second-order valence-electron chi connectivity index (χ2n) is 11.2. The highest BCUT2D eigenvalue weighted by atomic mass is 35.5. The lowest BCUT2D eigenvalue weighted by Gasteiger charge is -2.29. The van der Waals surface area contributed by atoms with Crippen LogP contribution in [0.3, 0.4) is 0 Å². The number of halogens is 2. The fourth-order valence-corrected chi connectivity index (χ4v) is 6.36. The van der Waals surface area contributed by atoms with Gasteiger partial charge in [-0.15, -0.1) is 0 Å². The van der Waals surface area contributed by atoms with Gasteiger partial charge in [0, 0.05) is 39.5 Å². The van der Waals surface area contributed by atoms with Gasteiger partial charge in [-0.05, 0) is 78.3 Å². The number of benzene rings is 3. The Hall–Kier alpha value is -4.10. The molecule has 2 amide bonds. The van der Waals surface area contributed by atoms with Crippen LogP contribution >= 0.6 is 23.2 Å². The highest BCUT2D eigenvalue weighted by molar-refractivity contribution is 7.85. The van der Waals surface area contributed by atoms with E-state index in [0.717, 1.165) is 34.4 Å². The van der Waals surface area contributed by atoms with Gasteiger partial charge >= 0.3 is 6.09 Å². The summed E-state index contributed by atoms with van der Waals surface area (Å²) in [4.78, 5) is 27.3. The van der Waals surface area contributed by atoms with Crippen molar-refractivity contribution in [1.82, 2.24) is 15.1 Å². The lowest BCUT2D eigenvalue weighted by molar-refractivity contribution is 0.0958. The third-order valence-electron chi connectivity index (χ3n) is 8.09. The fourth-order valence-electron chi connectivity index (χ4n) is 5.70. The minimum atomic E-state index is -4.36. The Morgan fingerprint density at radius 1 is 1.09 bits per heavy atom. The highest BCUT2D eigenvalue weighted by Crippen LogP contribution is 2.57. The molecule has 4 aromatic rings. The van der Waals surface area contributed by atoms with Crippen LogP contribution in [0, 0.1) is 12.8 Å². The summed E-state index contributed by atoms with van der Waals surface area (Å²) in [6, 6.07) is 15.8. The second kappa shape index (κ2) is 13.0. The number of nitrogens with one attached hydrogen (secondary N) is 1. The van der Waals surface area contributed by atoms with Gasteiger partial charge in [0.15, 0.2) is 0 Å². The molecule has 2 aliphatic rings. The van der Waals surface area contributed by atoms with Crippen LogP contribution in [0.5, 0.6) is 5.75 Å². The van der Waals surface area contributed by atoms with Crippen molar-refractivity contribution in [3.63, 3.8) is 0 Å². The number of amides is 2. The van der Waals surface area contributed by atoms with Crippen molar-refractivity contribution in [1.29, 1.82) is 0 Å². The van der Waals surface area contributed by atoms with Crippen LogP contribution in [0.15, 0.2) is 67.0 Å². The molecule has 2 N–H and O–H groups in total. The van der Waals surface area contributed by atoms with Crippen LogP contribution < -0.4 is 15.0 Å². The smallest absolute Gasteiger partial charge is 0.414 e. The minimum Gasteiger partial charge on any atom is -0.490 e. The largest absolute Gasteiger partial charge is 0.490 e. The molecule has 3 aromatic carbocycles. The van der Waals surface area contributed by atoms with Crippen LogP contribution in [0.2, 0.25) is 10.0 Å². The molecular formula is C32H30Cl2N4O7S. The van der Waals surface area contributed by atoms with Crippen LogP contribution in [-0.4, -0.2) is 60.4 Å². The van der Waals surface area contributed by atoms with Crippen LogP contribution in [0.4, 0.5) is 10.5 Å². The average molecular weight is 686 g/mol. The first-order chi connectivity index (χ1) is 22.0. The van der Waals surface area contributed by atoms with E-state index in [-0.39, 0.29) is 25.3 Å². The van der Waals surface area contributed by atoms with Crippen LogP contribution in [-0.2, 0) is 21.4 Å². The van der Waals surface area contributed by atoms with Gasteiger partial charge in [0.05, 0.1) is 18.4 Å². The Bertz CT molecular complexity index is 1930. The van der Waals surface area contributed by atoms with E-state index in [1.807, 2.05) is 37.4 Å². The number of hydrogen-bond donors (Lipinski definition) is 2. The van der Waals surface area contributed by atoms with Gasteiger partial charge in [0.1, 0.15) is 24.8 Å². The molecule has 1 fully saturated rings. The Morgan fingerprint density at radius 2 is 1.89 bits per heavy atom. The number of nitrogens with zero attached hydrogens (tertiary/aromatic N) is 3. The van der Waals surface area contributed by atoms with E-state index in [0.29, 0.717) is 39.7 Å². The highest BCUT2D eigenvalue weighted by Gasteiger charge is 2.48. The van der Waals surface area contributed by atoms with E-state index in [1.54, 1.807) is 40.0 Å². The molecule has 6 rings (SSSR count). The summed E-state index contributed by atoms with van der Waals surface area (Å²) < 4.78 is 44.0. The molecule has 1 aromatic heterocycles. The van der Waals surface area contributed by atoms with E-state index in [4.69, 9.17) is 37.2 Å². The molecule has 2 atom stereocenters. The molecular weight excluding hydrogens is 655 g/mol. The lowest BCUT2D eigenvalue weighted by Crippen LogP contribution is -2.37. The third kappa shape index (κ3) is 7.00. The first kappa shape index (κ1) is 31.9. The van der Waals surface area contributed by atoms with Gasteiger partial charge < -0.3 is 14.8 Å². The number of fused-ring (bicyclic) bond motifs is 3. The van der Waals surface area contributed by atoms with Gasteiger partial charge in [0.2, 0.25) is 0 Å². The monoisotopic (exact) mass is 684 g/mol. The maximum Gasteiger partial charge on any atom is 0.414 e. The van der Waals surface area contributed by atoms with E-state index in [9.17, 15) is 18.0 Å². The molecule has 0 spiro atoms. The summed E-state index contributed by atoms with van der Waals surface area (Å²) in [5.41, 5.74) is 5.33. The first-order valence-corrected chi connectivity index (χ1v) is 16.8. The van der Waals surface area contributed by atoms with Gasteiger partial charge in [-0.1, -0.05) is 41.4 Å². The van der Waals surface area contributed by atoms with E-state index >= 15 is 0 Å². The molecule has 46 heavy (non-hydrogen) atoms. The zero-order valence-corrected chi connectivity index (χ0v) is 27.0. The fraction of sp³-hybridized carbons (Fsp3) is 0.281. The van der Waals surface area contributed by atoms with Gasteiger partial charge in [-0.2, -0.15) is 13.5 Å². The predicted molar refractivity (Wildman–Crippen MR) is 173 cm³/mol. The topological polar surface area (TPSA) is 140 Å². The summed E-state index contributed by atoms with van der Waals surface area (Å²) in [6.45, 7) is 2.98. The van der Waals surface area contributed by atoms with E-state index in [1.165, 1.54) is 6.07 Å². The predicted octanol–water partition coefficient (Wildman–Crippen LogP) is 5.93. The molecule has 0 saturated heterocycles. The number of ether oxygens (including phenoxy) is 2. The SMILES string of the molecule is Cc1c(Cl)cccc1OCCOC(=O)N1C[C@@H]2C[C@@H]2c2c(-c3cnn(Cc4cc(C(=O)NCS(=O)(=O)O)ccc4Cl)c3)cccc21. The van der Waals surface area contributed by atoms with Crippen molar-refractivity contribution in [3.8, 4) is 16.9 Å². The quantitative estimate of drug-likeness (QED) is 0.155. The summed E-state index contributed by atoms with van der Waals surface area (Å²) in [6.07, 6.45) is 4.17. The molecule has 0 radical (unpaired) electrons. The maximum absolute atomic E-state index is 13.2. The molecule has 1 aliphatic heterocycles. The molecule has 1 aliphatic carbocycles. The van der Waals surface area contributed by atoms with Crippen molar-refractivity contribution in [2.45, 2.75) is 25.8 Å². The molecule has 0 bridgehead atoms. The molecule has 11 nitrogen and oxygen atoms in total. The third-order valence-corrected chi connectivity index (χ3v) is 9.38. The van der Waals surface area contributed by atoms with Crippen molar-refractivity contribution in [2.75, 3.05) is 30.5 Å². The average Bonchev–Trinajstić information content (AvgIpc) is 3.67. The Labute approximate surface area is 275 Å². The number of aromatic nitrogens is 2. The van der Waals surface area contributed by atoms with Gasteiger partial charge in [-0.3, -0.25) is 18.9 Å². The molecule has 2 heterocycles. The number of anilines is 1. The van der Waals surface area contributed by atoms with Crippen molar-refractivity contribution in [3.05, 3.63) is 99.3 Å². The second-order valence-corrected chi connectivity index (χ2v) is 13.5. The maximum atomic E-state index is 13.2.